The molecule has 0 bridgehead atoms. The highest BCUT2D eigenvalue weighted by Crippen LogP contribution is 2.17. The number of hydrogen-bond donors (Lipinski definition) is 2. The first-order valence-electron chi connectivity index (χ1n) is 8.72. The van der Waals surface area contributed by atoms with Gasteiger partial charge in [0.05, 0.1) is 18.3 Å². The van der Waals surface area contributed by atoms with Crippen LogP contribution in [0.15, 0.2) is 30.3 Å². The molecule has 1 amide bonds. The molecule has 0 aliphatic rings. The number of nitrogens with zero attached hydrogens (tertiary/aromatic N) is 7. The van der Waals surface area contributed by atoms with E-state index >= 15 is 0 Å². The third-order valence-electron chi connectivity index (χ3n) is 4.09. The number of benzene rings is 1. The maximum absolute atomic E-state index is 12.4. The van der Waals surface area contributed by atoms with Crippen molar-refractivity contribution in [1.82, 2.24) is 40.3 Å². The minimum atomic E-state index is -0.288. The fraction of sp³-hybridized carbons (Fsp3) is 0.412. The molecule has 1 atom stereocenters. The second kappa shape index (κ2) is 8.04. The van der Waals surface area contributed by atoms with Gasteiger partial charge in [-0.05, 0) is 35.4 Å². The van der Waals surface area contributed by atoms with Crippen LogP contribution in [0.3, 0.4) is 0 Å². The highest BCUT2D eigenvalue weighted by molar-refractivity contribution is 5.75. The summed E-state index contributed by atoms with van der Waals surface area (Å²) in [5, 5.41) is 18.7. The number of aryl methyl sites for hydroxylation is 1. The van der Waals surface area contributed by atoms with Gasteiger partial charge in [-0.3, -0.25) is 4.79 Å². The van der Waals surface area contributed by atoms with Crippen LogP contribution in [0, 0.1) is 12.8 Å². The van der Waals surface area contributed by atoms with E-state index < -0.39 is 0 Å². The first-order valence-corrected chi connectivity index (χ1v) is 8.72. The molecule has 10 heteroatoms. The Bertz CT molecular complexity index is 900. The third-order valence-corrected chi connectivity index (χ3v) is 4.09. The molecule has 3 aromatic rings. The molecule has 142 valence electrons. The number of carbonyl (C=O) groups is 1. The zero-order valence-corrected chi connectivity index (χ0v) is 15.6. The van der Waals surface area contributed by atoms with Crippen LogP contribution in [0.25, 0.3) is 5.69 Å². The fourth-order valence-electron chi connectivity index (χ4n) is 2.59. The highest BCUT2D eigenvalue weighted by atomic mass is 16.2. The SMILES string of the molecule is Cc1nc([C@@H](N)C(C)C)n(CC(=O)NCc2nnnn2-c2ccccc2)n1. The molecule has 0 radical (unpaired) electrons. The predicted octanol–water partition coefficient (Wildman–Crippen LogP) is 0.534. The Morgan fingerprint density at radius 2 is 2.00 bits per heavy atom. The van der Waals surface area contributed by atoms with E-state index in [4.69, 9.17) is 5.73 Å². The molecule has 0 unspecified atom stereocenters. The molecule has 10 nitrogen and oxygen atoms in total. The van der Waals surface area contributed by atoms with Gasteiger partial charge in [0.15, 0.2) is 5.82 Å². The lowest BCUT2D eigenvalue weighted by Gasteiger charge is -2.15. The van der Waals surface area contributed by atoms with Gasteiger partial charge in [0.2, 0.25) is 5.91 Å². The molecule has 0 saturated heterocycles. The molecule has 3 rings (SSSR count). The van der Waals surface area contributed by atoms with E-state index in [2.05, 4.69) is 30.9 Å². The molecule has 2 aromatic heterocycles. The zero-order chi connectivity index (χ0) is 19.4. The molecule has 0 aliphatic heterocycles. The lowest BCUT2D eigenvalue weighted by atomic mass is 10.1. The van der Waals surface area contributed by atoms with Gasteiger partial charge in [-0.15, -0.1) is 5.10 Å². The van der Waals surface area contributed by atoms with Crippen molar-refractivity contribution in [2.75, 3.05) is 0 Å². The van der Waals surface area contributed by atoms with Crippen molar-refractivity contribution in [3.63, 3.8) is 0 Å². The largest absolute Gasteiger partial charge is 0.347 e. The first kappa shape index (κ1) is 18.6. The van der Waals surface area contributed by atoms with E-state index in [0.717, 1.165) is 5.69 Å². The zero-order valence-electron chi connectivity index (χ0n) is 15.6. The van der Waals surface area contributed by atoms with Gasteiger partial charge in [0, 0.05) is 0 Å². The van der Waals surface area contributed by atoms with Crippen LogP contribution in [0.4, 0.5) is 0 Å². The van der Waals surface area contributed by atoms with Crippen molar-refractivity contribution in [1.29, 1.82) is 0 Å². The van der Waals surface area contributed by atoms with E-state index in [9.17, 15) is 4.79 Å². The van der Waals surface area contributed by atoms with Crippen molar-refractivity contribution in [2.45, 2.75) is 39.9 Å². The average molecular weight is 369 g/mol. The van der Waals surface area contributed by atoms with Gasteiger partial charge in [-0.2, -0.15) is 9.78 Å². The molecule has 0 aliphatic carbocycles. The Kier molecular flexibility index (Phi) is 5.55. The number of amides is 1. The number of nitrogens with one attached hydrogen (secondary N) is 1. The second-order valence-electron chi connectivity index (χ2n) is 6.56. The summed E-state index contributed by atoms with van der Waals surface area (Å²) >= 11 is 0. The van der Waals surface area contributed by atoms with E-state index in [1.54, 1.807) is 16.3 Å². The fourth-order valence-corrected chi connectivity index (χ4v) is 2.59. The monoisotopic (exact) mass is 369 g/mol. The molecule has 1 aromatic carbocycles. The van der Waals surface area contributed by atoms with Gasteiger partial charge in [-0.25, -0.2) is 9.67 Å². The lowest BCUT2D eigenvalue weighted by Crippen LogP contribution is -2.31. The standard InChI is InChI=1S/C17H23N9O/c1-11(2)16(18)17-20-12(3)22-25(17)10-15(27)19-9-14-21-23-24-26(14)13-7-5-4-6-8-13/h4-8,11,16H,9-10,18H2,1-3H3,(H,19,27)/t16-/m0/s1. The Morgan fingerprint density at radius 3 is 2.70 bits per heavy atom. The predicted molar refractivity (Wildman–Crippen MR) is 97.5 cm³/mol. The summed E-state index contributed by atoms with van der Waals surface area (Å²) < 4.78 is 3.13. The first-order chi connectivity index (χ1) is 13.0. The lowest BCUT2D eigenvalue weighted by molar-refractivity contribution is -0.122. The van der Waals surface area contributed by atoms with E-state index in [1.807, 2.05) is 44.2 Å². The van der Waals surface area contributed by atoms with E-state index in [-0.39, 0.29) is 31.0 Å². The van der Waals surface area contributed by atoms with Crippen LogP contribution in [0.5, 0.6) is 0 Å². The van der Waals surface area contributed by atoms with Crippen molar-refractivity contribution in [3.8, 4) is 5.69 Å². The van der Waals surface area contributed by atoms with Crippen molar-refractivity contribution < 1.29 is 4.79 Å². The summed E-state index contributed by atoms with van der Waals surface area (Å²) in [5.74, 6) is 1.68. The number of tetrazole rings is 1. The van der Waals surface area contributed by atoms with Crippen LogP contribution in [0.2, 0.25) is 0 Å². The number of para-hydroxylation sites is 1. The summed E-state index contributed by atoms with van der Waals surface area (Å²) in [5.41, 5.74) is 7.00. The number of hydrogen-bond acceptors (Lipinski definition) is 7. The average Bonchev–Trinajstić information content (AvgIpc) is 3.26. The van der Waals surface area contributed by atoms with Crippen LogP contribution in [-0.4, -0.2) is 40.9 Å². The summed E-state index contributed by atoms with van der Waals surface area (Å²) in [6, 6.07) is 9.19. The molecule has 0 fully saturated rings. The van der Waals surface area contributed by atoms with Gasteiger partial charge < -0.3 is 11.1 Å². The molecular formula is C17H23N9O. The Labute approximate surface area is 156 Å². The molecule has 0 spiro atoms. The topological polar surface area (TPSA) is 129 Å². The summed E-state index contributed by atoms with van der Waals surface area (Å²) in [6.45, 7) is 6.01. The van der Waals surface area contributed by atoms with Gasteiger partial charge >= 0.3 is 0 Å². The summed E-state index contributed by atoms with van der Waals surface area (Å²) in [6.07, 6.45) is 0. The third kappa shape index (κ3) is 4.34. The Hall–Kier alpha value is -3.14. The number of carbonyl (C=O) groups excluding carboxylic acids is 1. The second-order valence-corrected chi connectivity index (χ2v) is 6.56. The van der Waals surface area contributed by atoms with Crippen LogP contribution in [0.1, 0.15) is 37.4 Å². The van der Waals surface area contributed by atoms with Gasteiger partial charge in [0.1, 0.15) is 18.2 Å². The van der Waals surface area contributed by atoms with Gasteiger partial charge in [-0.1, -0.05) is 32.0 Å². The van der Waals surface area contributed by atoms with Crippen molar-refractivity contribution in [2.24, 2.45) is 11.7 Å². The summed E-state index contributed by atoms with van der Waals surface area (Å²) in [4.78, 5) is 16.8. The van der Waals surface area contributed by atoms with Crippen molar-refractivity contribution >= 4 is 5.91 Å². The highest BCUT2D eigenvalue weighted by Gasteiger charge is 2.20. The van der Waals surface area contributed by atoms with Crippen LogP contribution >= 0.6 is 0 Å². The molecule has 27 heavy (non-hydrogen) atoms. The van der Waals surface area contributed by atoms with Crippen LogP contribution < -0.4 is 11.1 Å². The maximum Gasteiger partial charge on any atom is 0.242 e. The minimum absolute atomic E-state index is 0.0312. The quantitative estimate of drug-likeness (QED) is 0.621. The summed E-state index contributed by atoms with van der Waals surface area (Å²) in [7, 11) is 0. The Balaban J connectivity index is 1.66. The molecule has 0 saturated carbocycles. The molecular weight excluding hydrogens is 346 g/mol. The molecule has 2 heterocycles. The van der Waals surface area contributed by atoms with Crippen LogP contribution in [-0.2, 0) is 17.9 Å². The molecule has 3 N–H and O–H groups in total. The number of aromatic nitrogens is 7. The maximum atomic E-state index is 12.4. The smallest absolute Gasteiger partial charge is 0.242 e. The van der Waals surface area contributed by atoms with E-state index in [0.29, 0.717) is 17.5 Å². The number of nitrogens with two attached hydrogens (primary N) is 1. The number of rotatable bonds is 7. The van der Waals surface area contributed by atoms with E-state index in [1.165, 1.54) is 0 Å². The minimum Gasteiger partial charge on any atom is -0.347 e. The Morgan fingerprint density at radius 1 is 1.26 bits per heavy atom. The van der Waals surface area contributed by atoms with Crippen molar-refractivity contribution in [3.05, 3.63) is 47.8 Å². The van der Waals surface area contributed by atoms with Gasteiger partial charge in [0.25, 0.3) is 0 Å². The normalized spacial score (nSPS) is 12.3.